The lowest BCUT2D eigenvalue weighted by molar-refractivity contribution is -0.127. The van der Waals surface area contributed by atoms with Crippen LogP contribution in [0.3, 0.4) is 0 Å². The number of hydrogen-bond acceptors (Lipinski definition) is 6. The second-order valence-corrected chi connectivity index (χ2v) is 12.2. The predicted octanol–water partition coefficient (Wildman–Crippen LogP) is 5.74. The first-order valence-corrected chi connectivity index (χ1v) is 15.9. The fraction of sp³-hybridized carbons (Fsp3) is 0.514. The van der Waals surface area contributed by atoms with Crippen molar-refractivity contribution in [2.75, 3.05) is 52.4 Å². The Hall–Kier alpha value is -3.49. The van der Waals surface area contributed by atoms with Crippen LogP contribution in [0.4, 0.5) is 5.69 Å². The number of amidine groups is 1. The lowest BCUT2D eigenvalue weighted by Gasteiger charge is -2.36. The summed E-state index contributed by atoms with van der Waals surface area (Å²) in [4.78, 5) is 37.7. The molecule has 8 nitrogen and oxygen atoms in total. The van der Waals surface area contributed by atoms with Crippen molar-refractivity contribution in [3.05, 3.63) is 59.2 Å². The molecular weight excluding hydrogens is 538 g/mol. The molecule has 0 saturated carbocycles. The van der Waals surface area contributed by atoms with Crippen LogP contribution in [-0.4, -0.2) is 90.4 Å². The molecule has 2 aliphatic heterocycles. The van der Waals surface area contributed by atoms with E-state index >= 15 is 0 Å². The van der Waals surface area contributed by atoms with E-state index < -0.39 is 0 Å². The van der Waals surface area contributed by atoms with Crippen molar-refractivity contribution < 1.29 is 14.3 Å². The number of carbonyl (C=O) groups excluding carboxylic acids is 2. The highest BCUT2D eigenvalue weighted by atomic mass is 16.5. The molecule has 1 saturated heterocycles. The molecule has 4 rings (SSSR count). The standard InChI is InChI=1S/C35H49N5O3/c1-6-15-39(16-7-2)34(42)30-23-28-13-12-27(24-31(28)37-32(36)25-30)26-10-9-11-29(22-26)33(41)40-20-18-38(19-21-40)17-14-35(4,5)43-8-3/h9-13,22-24H,6-8,14-21,25H2,1-5H3,(H2,36,37). The van der Waals surface area contributed by atoms with Gasteiger partial charge in [-0.1, -0.05) is 38.1 Å². The Balaban J connectivity index is 1.46. The van der Waals surface area contributed by atoms with E-state index in [1.807, 2.05) is 65.3 Å². The van der Waals surface area contributed by atoms with Gasteiger partial charge in [-0.3, -0.25) is 14.5 Å². The quantitative estimate of drug-likeness (QED) is 0.342. The smallest absolute Gasteiger partial charge is 0.253 e. The summed E-state index contributed by atoms with van der Waals surface area (Å²) in [5, 5.41) is 0. The average molecular weight is 588 g/mol. The maximum absolute atomic E-state index is 13.5. The number of piperazine rings is 1. The molecule has 2 aromatic rings. The highest BCUT2D eigenvalue weighted by molar-refractivity contribution is 6.05. The Bertz CT molecular complexity index is 1330. The highest BCUT2D eigenvalue weighted by Crippen LogP contribution is 2.32. The molecular formula is C35H49N5O3. The molecule has 0 aliphatic carbocycles. The number of rotatable bonds is 12. The molecule has 0 aromatic heterocycles. The molecule has 0 spiro atoms. The number of aliphatic imine (C=N–C) groups is 1. The maximum Gasteiger partial charge on any atom is 0.253 e. The molecule has 1 fully saturated rings. The van der Waals surface area contributed by atoms with Crippen LogP contribution >= 0.6 is 0 Å². The summed E-state index contributed by atoms with van der Waals surface area (Å²) in [5.74, 6) is 0.510. The van der Waals surface area contributed by atoms with Crippen molar-refractivity contribution in [3.63, 3.8) is 0 Å². The Labute approximate surface area is 257 Å². The third-order valence-electron chi connectivity index (χ3n) is 8.21. The molecule has 8 heteroatoms. The minimum Gasteiger partial charge on any atom is -0.387 e. The van der Waals surface area contributed by atoms with E-state index in [4.69, 9.17) is 10.5 Å². The number of ether oxygens (including phenoxy) is 1. The molecule has 0 unspecified atom stereocenters. The van der Waals surface area contributed by atoms with Crippen LogP contribution in [0, 0.1) is 0 Å². The van der Waals surface area contributed by atoms with Gasteiger partial charge >= 0.3 is 0 Å². The minimum absolute atomic E-state index is 0.0279. The SMILES string of the molecule is CCCN(CCC)C(=O)C1=Cc2ccc(-c3cccc(C(=O)N4CCN(CCC(C)(C)OCC)CC4)c3)cc2N=C(N)C1. The average Bonchev–Trinajstić information content (AvgIpc) is 3.17. The fourth-order valence-electron chi connectivity index (χ4n) is 5.84. The van der Waals surface area contributed by atoms with Crippen molar-refractivity contribution in [3.8, 4) is 11.1 Å². The van der Waals surface area contributed by atoms with Crippen LogP contribution in [-0.2, 0) is 9.53 Å². The maximum atomic E-state index is 13.5. The van der Waals surface area contributed by atoms with Gasteiger partial charge in [0.2, 0.25) is 5.91 Å². The molecule has 0 radical (unpaired) electrons. The van der Waals surface area contributed by atoms with E-state index in [0.29, 0.717) is 36.5 Å². The molecule has 43 heavy (non-hydrogen) atoms. The Morgan fingerprint density at radius 3 is 2.35 bits per heavy atom. The minimum atomic E-state index is -0.129. The molecule has 2 N–H and O–H groups in total. The summed E-state index contributed by atoms with van der Waals surface area (Å²) < 4.78 is 5.84. The van der Waals surface area contributed by atoms with Crippen LogP contribution in [0.1, 0.15) is 76.2 Å². The van der Waals surface area contributed by atoms with Crippen molar-refractivity contribution in [1.29, 1.82) is 0 Å². The first kappa shape index (κ1) is 32.4. The summed E-state index contributed by atoms with van der Waals surface area (Å²) >= 11 is 0. The molecule has 232 valence electrons. The van der Waals surface area contributed by atoms with Gasteiger partial charge in [0.15, 0.2) is 0 Å². The van der Waals surface area contributed by atoms with E-state index in [9.17, 15) is 9.59 Å². The largest absolute Gasteiger partial charge is 0.387 e. The molecule has 2 aliphatic rings. The van der Waals surface area contributed by atoms with Crippen molar-refractivity contribution in [1.82, 2.24) is 14.7 Å². The summed E-state index contributed by atoms with van der Waals surface area (Å²) in [5.41, 5.74) is 11.0. The fourth-order valence-corrected chi connectivity index (χ4v) is 5.84. The Morgan fingerprint density at radius 1 is 0.977 bits per heavy atom. The third kappa shape index (κ3) is 8.54. The van der Waals surface area contributed by atoms with Gasteiger partial charge in [-0.15, -0.1) is 0 Å². The third-order valence-corrected chi connectivity index (χ3v) is 8.21. The molecule has 2 amide bonds. The molecule has 2 aromatic carbocycles. The van der Waals surface area contributed by atoms with Gasteiger partial charge in [0.1, 0.15) is 5.84 Å². The summed E-state index contributed by atoms with van der Waals surface area (Å²) in [6.45, 7) is 16.8. The van der Waals surface area contributed by atoms with Crippen LogP contribution in [0.2, 0.25) is 0 Å². The molecule has 0 atom stereocenters. The van der Waals surface area contributed by atoms with E-state index in [1.54, 1.807) is 0 Å². The van der Waals surface area contributed by atoms with Crippen molar-refractivity contribution in [2.24, 2.45) is 10.7 Å². The number of nitrogens with two attached hydrogens (primary N) is 1. The van der Waals surface area contributed by atoms with Gasteiger partial charge in [-0.2, -0.15) is 0 Å². The molecule has 0 bridgehead atoms. The van der Waals surface area contributed by atoms with Gasteiger partial charge in [0.25, 0.3) is 5.91 Å². The number of fused-ring (bicyclic) bond motifs is 1. The van der Waals surface area contributed by atoms with Crippen molar-refractivity contribution >= 4 is 29.4 Å². The normalized spacial score (nSPS) is 15.8. The van der Waals surface area contributed by atoms with Gasteiger partial charge in [-0.25, -0.2) is 4.99 Å². The Morgan fingerprint density at radius 2 is 1.67 bits per heavy atom. The lowest BCUT2D eigenvalue weighted by Crippen LogP contribution is -2.49. The number of hydrogen-bond donors (Lipinski definition) is 1. The zero-order valence-electron chi connectivity index (χ0n) is 26.7. The lowest BCUT2D eigenvalue weighted by atomic mass is 9.99. The van der Waals surface area contributed by atoms with Crippen LogP contribution in [0.15, 0.2) is 53.0 Å². The Kier molecular flexibility index (Phi) is 11.2. The van der Waals surface area contributed by atoms with Gasteiger partial charge < -0.3 is 20.3 Å². The van der Waals surface area contributed by atoms with Gasteiger partial charge in [-0.05, 0) is 75.4 Å². The van der Waals surface area contributed by atoms with E-state index in [0.717, 1.165) is 81.0 Å². The second-order valence-electron chi connectivity index (χ2n) is 12.2. The summed E-state index contributed by atoms with van der Waals surface area (Å²) in [6, 6.07) is 13.8. The van der Waals surface area contributed by atoms with E-state index in [1.165, 1.54) is 0 Å². The van der Waals surface area contributed by atoms with E-state index in [-0.39, 0.29) is 17.4 Å². The van der Waals surface area contributed by atoms with E-state index in [2.05, 4.69) is 37.6 Å². The zero-order valence-corrected chi connectivity index (χ0v) is 26.7. The predicted molar refractivity (Wildman–Crippen MR) is 176 cm³/mol. The first-order chi connectivity index (χ1) is 20.6. The number of benzene rings is 2. The highest BCUT2D eigenvalue weighted by Gasteiger charge is 2.25. The number of amides is 2. The monoisotopic (exact) mass is 587 g/mol. The first-order valence-electron chi connectivity index (χ1n) is 15.9. The van der Waals surface area contributed by atoms with Crippen LogP contribution in [0.5, 0.6) is 0 Å². The number of carbonyl (C=O) groups is 2. The second kappa shape index (κ2) is 14.8. The van der Waals surface area contributed by atoms with Crippen LogP contribution < -0.4 is 5.73 Å². The number of nitrogens with zero attached hydrogens (tertiary/aromatic N) is 4. The zero-order chi connectivity index (χ0) is 31.0. The molecule has 2 heterocycles. The topological polar surface area (TPSA) is 91.5 Å². The van der Waals surface area contributed by atoms with Crippen LogP contribution in [0.25, 0.3) is 17.2 Å². The van der Waals surface area contributed by atoms with Gasteiger partial charge in [0.05, 0.1) is 11.3 Å². The summed E-state index contributed by atoms with van der Waals surface area (Å²) in [7, 11) is 0. The summed E-state index contributed by atoms with van der Waals surface area (Å²) in [6.07, 6.45) is 5.05. The van der Waals surface area contributed by atoms with Gasteiger partial charge in [0, 0.05) is 75.5 Å². The van der Waals surface area contributed by atoms with Crippen molar-refractivity contribution in [2.45, 2.75) is 65.9 Å².